The van der Waals surface area contributed by atoms with E-state index in [0.29, 0.717) is 25.2 Å². The summed E-state index contributed by atoms with van der Waals surface area (Å²) in [5.74, 6) is -0.202. The highest BCUT2D eigenvalue weighted by Crippen LogP contribution is 2.20. The lowest BCUT2D eigenvalue weighted by molar-refractivity contribution is 0.0814. The normalized spacial score (nSPS) is 13.7. The number of hydrogen-bond acceptors (Lipinski definition) is 2. The van der Waals surface area contributed by atoms with E-state index >= 15 is 0 Å². The Hall–Kier alpha value is -2.17. The van der Waals surface area contributed by atoms with E-state index in [1.54, 1.807) is 18.2 Å². The van der Waals surface area contributed by atoms with Crippen molar-refractivity contribution in [3.63, 3.8) is 0 Å². The van der Waals surface area contributed by atoms with Gasteiger partial charge in [0.15, 0.2) is 0 Å². The second-order valence-corrected chi connectivity index (χ2v) is 6.11. The molecule has 128 valence electrons. The van der Waals surface area contributed by atoms with Gasteiger partial charge in [0, 0.05) is 30.5 Å². The van der Waals surface area contributed by atoms with Gasteiger partial charge < -0.3 is 9.67 Å². The van der Waals surface area contributed by atoms with Gasteiger partial charge in [0.25, 0.3) is 0 Å². The molecule has 2 aromatic rings. The smallest absolute Gasteiger partial charge is 0.128 e. The summed E-state index contributed by atoms with van der Waals surface area (Å²) in [6, 6.07) is 10.8. The summed E-state index contributed by atoms with van der Waals surface area (Å²) < 4.78 is 15.9. The van der Waals surface area contributed by atoms with Crippen LogP contribution in [-0.2, 0) is 13.1 Å². The molecule has 2 rings (SSSR count). The molecule has 3 nitrogen and oxygen atoms in total. The number of aliphatic hydroxyl groups excluding tert-OH is 1. The molecule has 0 aliphatic carbocycles. The molecule has 0 aliphatic rings. The SMILES string of the molecule is C=CCN(Cc1cccn1Cc1ccccc1F)C(C)(C=C)CO. The molecule has 4 heteroatoms. The largest absolute Gasteiger partial charge is 0.394 e. The molecule has 1 unspecified atom stereocenters. The lowest BCUT2D eigenvalue weighted by Crippen LogP contribution is -2.47. The van der Waals surface area contributed by atoms with Gasteiger partial charge in [-0.15, -0.1) is 13.2 Å². The molecular formula is C20H25FN2O. The average Bonchev–Trinajstić information content (AvgIpc) is 3.03. The van der Waals surface area contributed by atoms with Crippen LogP contribution >= 0.6 is 0 Å². The first-order valence-corrected chi connectivity index (χ1v) is 8.02. The van der Waals surface area contributed by atoms with E-state index in [4.69, 9.17) is 0 Å². The van der Waals surface area contributed by atoms with Crippen LogP contribution in [0.25, 0.3) is 0 Å². The molecule has 24 heavy (non-hydrogen) atoms. The fourth-order valence-corrected chi connectivity index (χ4v) is 2.66. The Morgan fingerprint density at radius 3 is 2.62 bits per heavy atom. The zero-order valence-corrected chi connectivity index (χ0v) is 14.2. The van der Waals surface area contributed by atoms with Crippen molar-refractivity contribution in [3.05, 3.63) is 85.0 Å². The predicted molar refractivity (Wildman–Crippen MR) is 96.2 cm³/mol. The maximum absolute atomic E-state index is 13.9. The minimum absolute atomic E-state index is 0.0294. The predicted octanol–water partition coefficient (Wildman–Crippen LogP) is 3.60. The van der Waals surface area contributed by atoms with Gasteiger partial charge in [0.1, 0.15) is 5.82 Å². The standard InChI is InChI=1S/C20H25FN2O/c1-4-12-23(20(3,5-2)16-24)15-18-10-8-13-22(18)14-17-9-6-7-11-19(17)21/h4-11,13,24H,1-2,12,14-16H2,3H3. The summed E-state index contributed by atoms with van der Waals surface area (Å²) in [5.41, 5.74) is 1.15. The van der Waals surface area contributed by atoms with Crippen LogP contribution in [-0.4, -0.2) is 33.3 Å². The molecule has 0 radical (unpaired) electrons. The van der Waals surface area contributed by atoms with Crippen molar-refractivity contribution in [1.82, 2.24) is 9.47 Å². The lowest BCUT2D eigenvalue weighted by atomic mass is 10.0. The summed E-state index contributed by atoms with van der Waals surface area (Å²) >= 11 is 0. The second-order valence-electron chi connectivity index (χ2n) is 6.11. The van der Waals surface area contributed by atoms with Crippen LogP contribution in [0.4, 0.5) is 4.39 Å². The van der Waals surface area contributed by atoms with Crippen molar-refractivity contribution in [2.24, 2.45) is 0 Å². The van der Waals surface area contributed by atoms with Gasteiger partial charge in [-0.2, -0.15) is 0 Å². The Morgan fingerprint density at radius 1 is 1.25 bits per heavy atom. The summed E-state index contributed by atoms with van der Waals surface area (Å²) in [5, 5.41) is 9.75. The molecule has 1 aromatic carbocycles. The molecule has 0 saturated heterocycles. The molecule has 0 bridgehead atoms. The van der Waals surface area contributed by atoms with Crippen LogP contribution in [0.3, 0.4) is 0 Å². The minimum Gasteiger partial charge on any atom is -0.394 e. The molecule has 1 aromatic heterocycles. The second kappa shape index (κ2) is 8.08. The van der Waals surface area contributed by atoms with Crippen molar-refractivity contribution in [3.8, 4) is 0 Å². The monoisotopic (exact) mass is 328 g/mol. The minimum atomic E-state index is -0.540. The van der Waals surface area contributed by atoms with Crippen molar-refractivity contribution in [2.45, 2.75) is 25.6 Å². The third-order valence-corrected chi connectivity index (χ3v) is 4.41. The Balaban J connectivity index is 2.23. The van der Waals surface area contributed by atoms with Crippen LogP contribution in [0.1, 0.15) is 18.2 Å². The number of rotatable bonds is 9. The Morgan fingerprint density at radius 2 is 2.00 bits per heavy atom. The highest BCUT2D eigenvalue weighted by Gasteiger charge is 2.27. The summed E-state index contributed by atoms with van der Waals surface area (Å²) in [4.78, 5) is 2.10. The van der Waals surface area contributed by atoms with E-state index in [-0.39, 0.29) is 12.4 Å². The van der Waals surface area contributed by atoms with Crippen molar-refractivity contribution in [1.29, 1.82) is 0 Å². The van der Waals surface area contributed by atoms with Crippen LogP contribution in [0.2, 0.25) is 0 Å². The number of benzene rings is 1. The van der Waals surface area contributed by atoms with E-state index < -0.39 is 5.54 Å². The van der Waals surface area contributed by atoms with Gasteiger partial charge in [-0.05, 0) is 25.1 Å². The summed E-state index contributed by atoms with van der Waals surface area (Å²) in [7, 11) is 0. The lowest BCUT2D eigenvalue weighted by Gasteiger charge is -2.37. The molecule has 1 heterocycles. The van der Waals surface area contributed by atoms with E-state index in [2.05, 4.69) is 18.1 Å². The van der Waals surface area contributed by atoms with Crippen molar-refractivity contribution < 1.29 is 9.50 Å². The number of nitrogens with zero attached hydrogens (tertiary/aromatic N) is 2. The van der Waals surface area contributed by atoms with Crippen molar-refractivity contribution in [2.75, 3.05) is 13.2 Å². The number of aromatic nitrogens is 1. The number of halogens is 1. The zero-order valence-electron chi connectivity index (χ0n) is 14.2. The fourth-order valence-electron chi connectivity index (χ4n) is 2.66. The average molecular weight is 328 g/mol. The van der Waals surface area contributed by atoms with Gasteiger partial charge in [-0.25, -0.2) is 4.39 Å². The molecule has 0 amide bonds. The van der Waals surface area contributed by atoms with Gasteiger partial charge in [-0.1, -0.05) is 30.4 Å². The highest BCUT2D eigenvalue weighted by molar-refractivity contribution is 5.20. The highest BCUT2D eigenvalue weighted by atomic mass is 19.1. The Labute approximate surface area is 143 Å². The van der Waals surface area contributed by atoms with Crippen LogP contribution in [0, 0.1) is 5.82 Å². The third kappa shape index (κ3) is 4.02. The first-order valence-electron chi connectivity index (χ1n) is 8.02. The topological polar surface area (TPSA) is 28.4 Å². The van der Waals surface area contributed by atoms with Crippen LogP contribution in [0.15, 0.2) is 67.9 Å². The number of aliphatic hydroxyl groups is 1. The zero-order chi connectivity index (χ0) is 17.6. The summed E-state index contributed by atoms with van der Waals surface area (Å²) in [6.45, 7) is 11.3. The fraction of sp³-hybridized carbons (Fsp3) is 0.300. The van der Waals surface area contributed by atoms with E-state index in [0.717, 1.165) is 5.69 Å². The first kappa shape index (κ1) is 18.2. The van der Waals surface area contributed by atoms with Crippen LogP contribution in [0.5, 0.6) is 0 Å². The van der Waals surface area contributed by atoms with Gasteiger partial charge in [0.05, 0.1) is 18.7 Å². The van der Waals surface area contributed by atoms with Crippen molar-refractivity contribution >= 4 is 0 Å². The quantitative estimate of drug-likeness (QED) is 0.713. The van der Waals surface area contributed by atoms with E-state index in [1.165, 1.54) is 6.07 Å². The maximum Gasteiger partial charge on any atom is 0.128 e. The van der Waals surface area contributed by atoms with E-state index in [1.807, 2.05) is 42.0 Å². The molecule has 0 fully saturated rings. The molecule has 0 spiro atoms. The molecule has 1 N–H and O–H groups in total. The molecule has 1 atom stereocenters. The third-order valence-electron chi connectivity index (χ3n) is 4.41. The molecular weight excluding hydrogens is 303 g/mol. The van der Waals surface area contributed by atoms with E-state index in [9.17, 15) is 9.50 Å². The number of hydrogen-bond donors (Lipinski definition) is 1. The molecule has 0 saturated carbocycles. The first-order chi connectivity index (χ1) is 11.5. The van der Waals surface area contributed by atoms with Gasteiger partial charge in [-0.3, -0.25) is 4.90 Å². The van der Waals surface area contributed by atoms with Gasteiger partial charge in [0.2, 0.25) is 0 Å². The van der Waals surface area contributed by atoms with Gasteiger partial charge >= 0.3 is 0 Å². The maximum atomic E-state index is 13.9. The Bertz CT molecular complexity index is 694. The van der Waals surface area contributed by atoms with Crippen LogP contribution < -0.4 is 0 Å². The Kier molecular flexibility index (Phi) is 6.12. The molecule has 0 aliphatic heterocycles. The summed E-state index contributed by atoms with van der Waals surface area (Å²) in [6.07, 6.45) is 5.50.